The molecule has 6 nitrogen and oxygen atoms in total. The summed E-state index contributed by atoms with van der Waals surface area (Å²) in [5.41, 5.74) is 2.48. The van der Waals surface area contributed by atoms with Crippen LogP contribution < -0.4 is 5.32 Å². The van der Waals surface area contributed by atoms with Crippen LogP contribution >= 0.6 is 23.2 Å². The first-order chi connectivity index (χ1) is 13.0. The van der Waals surface area contributed by atoms with E-state index in [9.17, 15) is 9.90 Å². The lowest BCUT2D eigenvalue weighted by Gasteiger charge is -2.16. The molecule has 3 N–H and O–H groups in total. The molecule has 0 amide bonds. The molecule has 0 saturated heterocycles. The van der Waals surface area contributed by atoms with E-state index in [-0.39, 0.29) is 5.56 Å². The number of rotatable bonds is 4. The van der Waals surface area contributed by atoms with Crippen molar-refractivity contribution in [1.29, 1.82) is 0 Å². The Hall–Kier alpha value is -3.09. The van der Waals surface area contributed by atoms with Crippen LogP contribution in [0.15, 0.2) is 55.0 Å². The van der Waals surface area contributed by atoms with E-state index >= 15 is 0 Å². The fourth-order valence-electron chi connectivity index (χ4n) is 2.83. The smallest absolute Gasteiger partial charge is 0.337 e. The molecule has 4 rings (SSSR count). The first-order valence-electron chi connectivity index (χ1n) is 7.91. The summed E-state index contributed by atoms with van der Waals surface area (Å²) in [6.45, 7) is 0. The first kappa shape index (κ1) is 17.3. The topological polar surface area (TPSA) is 90.9 Å². The summed E-state index contributed by atoms with van der Waals surface area (Å²) >= 11 is 12.1. The molecule has 2 aromatic heterocycles. The summed E-state index contributed by atoms with van der Waals surface area (Å²) in [5, 5.41) is 14.4. The number of halogens is 2. The summed E-state index contributed by atoms with van der Waals surface area (Å²) in [7, 11) is 0. The number of carboxylic acid groups (broad SMARTS) is 1. The lowest BCUT2D eigenvalue weighted by Crippen LogP contribution is -2.04. The van der Waals surface area contributed by atoms with Crippen molar-refractivity contribution in [2.24, 2.45) is 0 Å². The fraction of sp³-hybridized carbons (Fsp3) is 0. The number of hydrogen-bond acceptors (Lipinski definition) is 4. The van der Waals surface area contributed by atoms with Gasteiger partial charge >= 0.3 is 5.97 Å². The second-order valence-electron chi connectivity index (χ2n) is 5.77. The number of carbonyl (C=O) groups is 1. The van der Waals surface area contributed by atoms with Gasteiger partial charge in [-0.1, -0.05) is 23.2 Å². The number of anilines is 2. The highest BCUT2D eigenvalue weighted by Gasteiger charge is 2.17. The molecule has 0 fully saturated rings. The van der Waals surface area contributed by atoms with E-state index in [4.69, 9.17) is 23.2 Å². The summed E-state index contributed by atoms with van der Waals surface area (Å²) in [6.07, 6.45) is 5.01. The zero-order valence-corrected chi connectivity index (χ0v) is 15.2. The number of H-pyrrole nitrogens is 1. The highest BCUT2D eigenvalue weighted by Crippen LogP contribution is 2.36. The van der Waals surface area contributed by atoms with E-state index in [2.05, 4.69) is 20.3 Å². The minimum atomic E-state index is -1.09. The van der Waals surface area contributed by atoms with Gasteiger partial charge in [0.05, 0.1) is 28.0 Å². The number of fused-ring (bicyclic) bond motifs is 1. The van der Waals surface area contributed by atoms with E-state index in [1.165, 1.54) is 6.07 Å². The Bertz CT molecular complexity index is 1160. The van der Waals surface area contributed by atoms with Crippen molar-refractivity contribution in [3.05, 3.63) is 70.6 Å². The number of nitrogens with one attached hydrogen (secondary N) is 2. The van der Waals surface area contributed by atoms with E-state index in [0.29, 0.717) is 38.3 Å². The van der Waals surface area contributed by atoms with Crippen molar-refractivity contribution in [2.75, 3.05) is 5.32 Å². The molecule has 0 aliphatic heterocycles. The number of carboxylic acids is 1. The number of aromatic amines is 1. The van der Waals surface area contributed by atoms with E-state index in [0.717, 1.165) is 5.39 Å². The van der Waals surface area contributed by atoms with Crippen molar-refractivity contribution in [2.45, 2.75) is 0 Å². The van der Waals surface area contributed by atoms with Gasteiger partial charge in [-0.05, 0) is 36.4 Å². The molecule has 27 heavy (non-hydrogen) atoms. The maximum absolute atomic E-state index is 11.6. The quantitative estimate of drug-likeness (QED) is 0.429. The molecule has 0 unspecified atom stereocenters. The predicted molar refractivity (Wildman–Crippen MR) is 106 cm³/mol. The molecule has 4 aromatic rings. The first-order valence-corrected chi connectivity index (χ1v) is 8.66. The molecule has 0 spiro atoms. The largest absolute Gasteiger partial charge is 0.478 e. The highest BCUT2D eigenvalue weighted by molar-refractivity contribution is 6.32. The molecule has 0 bridgehead atoms. The Morgan fingerprint density at radius 1 is 1.07 bits per heavy atom. The van der Waals surface area contributed by atoms with Crippen LogP contribution in [-0.2, 0) is 0 Å². The summed E-state index contributed by atoms with van der Waals surface area (Å²) in [5.74, 6) is -0.492. The number of pyridine rings is 1. The maximum atomic E-state index is 11.6. The number of nitrogens with zero attached hydrogens (tertiary/aromatic N) is 2. The molecule has 2 aromatic carbocycles. The third kappa shape index (κ3) is 3.32. The van der Waals surface area contributed by atoms with Crippen LogP contribution in [0.25, 0.3) is 22.3 Å². The molecular formula is C19H12Cl2N4O2. The lowest BCUT2D eigenvalue weighted by atomic mass is 10.1. The lowest BCUT2D eigenvalue weighted by molar-refractivity contribution is 0.0698. The summed E-state index contributed by atoms with van der Waals surface area (Å²) < 4.78 is 0. The third-order valence-corrected chi connectivity index (χ3v) is 4.53. The number of aromatic carboxylic acids is 1. The van der Waals surface area contributed by atoms with E-state index in [1.54, 1.807) is 48.9 Å². The summed E-state index contributed by atoms with van der Waals surface area (Å²) in [6, 6.07) is 9.96. The van der Waals surface area contributed by atoms with Crippen LogP contribution in [0.2, 0.25) is 10.0 Å². The van der Waals surface area contributed by atoms with E-state index in [1.807, 2.05) is 0 Å². The van der Waals surface area contributed by atoms with Crippen LogP contribution in [0.4, 0.5) is 11.4 Å². The van der Waals surface area contributed by atoms with Gasteiger partial charge in [-0.3, -0.25) is 4.98 Å². The standard InChI is InChI=1S/C19H12Cl2N4O2/c20-10-1-3-15-12(7-10)17(14(9-24-15)18-22-5-6-23-18)25-16-4-2-11(21)8-13(16)19(26)27/h1-9H,(H,22,23)(H,24,25)(H,26,27). The van der Waals surface area contributed by atoms with Gasteiger partial charge in [-0.25, -0.2) is 9.78 Å². The minimum absolute atomic E-state index is 0.0554. The van der Waals surface area contributed by atoms with Crippen molar-refractivity contribution >= 4 is 51.4 Å². The highest BCUT2D eigenvalue weighted by atomic mass is 35.5. The Kier molecular flexibility index (Phi) is 4.43. The molecule has 0 aliphatic rings. The van der Waals surface area contributed by atoms with Crippen LogP contribution in [0, 0.1) is 0 Å². The van der Waals surface area contributed by atoms with Crippen molar-refractivity contribution in [3.63, 3.8) is 0 Å². The normalized spacial score (nSPS) is 10.9. The number of benzene rings is 2. The van der Waals surface area contributed by atoms with Crippen molar-refractivity contribution in [3.8, 4) is 11.4 Å². The molecule has 0 atom stereocenters. The molecular weight excluding hydrogens is 387 g/mol. The van der Waals surface area contributed by atoms with Gasteiger partial charge in [0.25, 0.3) is 0 Å². The van der Waals surface area contributed by atoms with Crippen LogP contribution in [-0.4, -0.2) is 26.0 Å². The molecule has 0 saturated carbocycles. The Balaban J connectivity index is 1.96. The van der Waals surface area contributed by atoms with Crippen molar-refractivity contribution < 1.29 is 9.90 Å². The third-order valence-electron chi connectivity index (χ3n) is 4.06. The second kappa shape index (κ2) is 6.90. The maximum Gasteiger partial charge on any atom is 0.337 e. The minimum Gasteiger partial charge on any atom is -0.478 e. The molecule has 0 radical (unpaired) electrons. The van der Waals surface area contributed by atoms with Crippen molar-refractivity contribution in [1.82, 2.24) is 15.0 Å². The Labute approximate surface area is 163 Å². The molecule has 8 heteroatoms. The molecule has 0 aliphatic carbocycles. The predicted octanol–water partition coefficient (Wildman–Crippen LogP) is 5.37. The van der Waals surface area contributed by atoms with Gasteiger partial charge in [-0.2, -0.15) is 0 Å². The average molecular weight is 399 g/mol. The zero-order chi connectivity index (χ0) is 19.0. The van der Waals surface area contributed by atoms with Gasteiger partial charge in [0, 0.05) is 34.0 Å². The number of aromatic nitrogens is 3. The number of hydrogen-bond donors (Lipinski definition) is 3. The van der Waals surface area contributed by atoms with E-state index < -0.39 is 5.97 Å². The van der Waals surface area contributed by atoms with Gasteiger partial charge in [0.2, 0.25) is 0 Å². The van der Waals surface area contributed by atoms with Crippen LogP contribution in [0.5, 0.6) is 0 Å². The monoisotopic (exact) mass is 398 g/mol. The van der Waals surface area contributed by atoms with Gasteiger partial charge in [0.1, 0.15) is 5.82 Å². The van der Waals surface area contributed by atoms with Crippen LogP contribution in [0.3, 0.4) is 0 Å². The van der Waals surface area contributed by atoms with Crippen LogP contribution in [0.1, 0.15) is 10.4 Å². The Morgan fingerprint density at radius 2 is 1.85 bits per heavy atom. The number of imidazole rings is 1. The fourth-order valence-corrected chi connectivity index (χ4v) is 3.17. The van der Waals surface area contributed by atoms with Gasteiger partial charge in [-0.15, -0.1) is 0 Å². The van der Waals surface area contributed by atoms with Gasteiger partial charge in [0.15, 0.2) is 0 Å². The SMILES string of the molecule is O=C(O)c1cc(Cl)ccc1Nc1c(-c2ncc[nH]2)cnc2ccc(Cl)cc12. The molecule has 2 heterocycles. The summed E-state index contributed by atoms with van der Waals surface area (Å²) in [4.78, 5) is 23.4. The Morgan fingerprint density at radius 3 is 2.59 bits per heavy atom. The van der Waals surface area contributed by atoms with Gasteiger partial charge < -0.3 is 15.4 Å². The average Bonchev–Trinajstić information content (AvgIpc) is 3.17. The zero-order valence-electron chi connectivity index (χ0n) is 13.7. The second-order valence-corrected chi connectivity index (χ2v) is 6.64. The molecule has 134 valence electrons.